The molecule has 1 aromatic rings. The number of nitrogens with two attached hydrogens (primary N) is 1. The van der Waals surface area contributed by atoms with Crippen molar-refractivity contribution in [3.8, 4) is 5.88 Å². The normalized spacial score (nSPS) is 9.79. The molecule has 0 bridgehead atoms. The number of hydrogen-bond acceptors (Lipinski definition) is 3. The van der Waals surface area contributed by atoms with Gasteiger partial charge in [0.05, 0.1) is 0 Å². The molecule has 0 amide bonds. The van der Waals surface area contributed by atoms with Gasteiger partial charge in [0, 0.05) is 22.8 Å². The highest BCUT2D eigenvalue weighted by Gasteiger charge is 2.10. The lowest BCUT2D eigenvalue weighted by Gasteiger charge is -2.07. The van der Waals surface area contributed by atoms with Gasteiger partial charge < -0.3 is 10.5 Å². The first-order valence-corrected chi connectivity index (χ1v) is 4.22. The van der Waals surface area contributed by atoms with Crippen molar-refractivity contribution in [1.82, 2.24) is 4.98 Å². The van der Waals surface area contributed by atoms with Crippen LogP contribution in [0.2, 0.25) is 0 Å². The van der Waals surface area contributed by atoms with Gasteiger partial charge in [-0.2, -0.15) is 8.78 Å². The van der Waals surface area contributed by atoms with E-state index in [0.29, 0.717) is 10.0 Å². The summed E-state index contributed by atoms with van der Waals surface area (Å²) >= 11 is 3.14. The Bertz CT molecular complexity index is 301. The van der Waals surface area contributed by atoms with E-state index in [9.17, 15) is 8.78 Å². The Balaban J connectivity index is 0.00000169. The van der Waals surface area contributed by atoms with Crippen LogP contribution in [-0.4, -0.2) is 11.6 Å². The largest absolute Gasteiger partial charge is 0.417 e. The molecular weight excluding hydrogens is 281 g/mol. The average molecular weight is 290 g/mol. The Morgan fingerprint density at radius 2 is 2.21 bits per heavy atom. The SMILES string of the molecule is Cl.NCc1cc(Br)cnc1OC(F)F. The molecule has 0 saturated carbocycles. The highest BCUT2D eigenvalue weighted by Crippen LogP contribution is 2.20. The number of rotatable bonds is 3. The third-order valence-corrected chi connectivity index (χ3v) is 1.75. The molecule has 0 aliphatic carbocycles. The molecule has 2 N–H and O–H groups in total. The minimum Gasteiger partial charge on any atom is -0.417 e. The van der Waals surface area contributed by atoms with Gasteiger partial charge in [-0.05, 0) is 22.0 Å². The molecule has 80 valence electrons. The van der Waals surface area contributed by atoms with Crippen LogP contribution in [0.4, 0.5) is 8.78 Å². The molecule has 0 saturated heterocycles. The zero-order valence-corrected chi connectivity index (χ0v) is 9.32. The topological polar surface area (TPSA) is 48.1 Å². The van der Waals surface area contributed by atoms with Crippen molar-refractivity contribution >= 4 is 28.3 Å². The fraction of sp³-hybridized carbons (Fsp3) is 0.286. The zero-order valence-electron chi connectivity index (χ0n) is 6.91. The molecule has 1 aromatic heterocycles. The van der Waals surface area contributed by atoms with E-state index in [1.54, 1.807) is 6.07 Å². The maximum atomic E-state index is 11.8. The number of nitrogens with zero attached hydrogens (tertiary/aromatic N) is 1. The average Bonchev–Trinajstić information content (AvgIpc) is 2.07. The summed E-state index contributed by atoms with van der Waals surface area (Å²) in [6.45, 7) is -2.77. The van der Waals surface area contributed by atoms with Gasteiger partial charge in [0.25, 0.3) is 0 Å². The summed E-state index contributed by atoms with van der Waals surface area (Å²) in [6.07, 6.45) is 1.37. The van der Waals surface area contributed by atoms with E-state index >= 15 is 0 Å². The smallest absolute Gasteiger partial charge is 0.388 e. The lowest BCUT2D eigenvalue weighted by molar-refractivity contribution is -0.0534. The van der Waals surface area contributed by atoms with Crippen LogP contribution in [0, 0.1) is 0 Å². The minimum absolute atomic E-state index is 0. The lowest BCUT2D eigenvalue weighted by atomic mass is 10.3. The van der Waals surface area contributed by atoms with Crippen molar-refractivity contribution in [2.75, 3.05) is 0 Å². The monoisotopic (exact) mass is 288 g/mol. The number of hydrogen-bond donors (Lipinski definition) is 1. The molecule has 0 radical (unpaired) electrons. The molecule has 0 atom stereocenters. The predicted molar refractivity (Wildman–Crippen MR) is 53.7 cm³/mol. The van der Waals surface area contributed by atoms with Crippen molar-refractivity contribution in [3.05, 3.63) is 22.3 Å². The standard InChI is InChI=1S/C7H7BrF2N2O.ClH/c8-5-1-4(2-11)6(12-3-5)13-7(9)10;/h1,3,7H,2,11H2;1H. The summed E-state index contributed by atoms with van der Waals surface area (Å²) in [6, 6.07) is 1.59. The van der Waals surface area contributed by atoms with Crippen LogP contribution in [0.25, 0.3) is 0 Å². The molecule has 3 nitrogen and oxygen atoms in total. The van der Waals surface area contributed by atoms with E-state index < -0.39 is 6.61 Å². The molecule has 0 aromatic carbocycles. The van der Waals surface area contributed by atoms with E-state index in [2.05, 4.69) is 25.7 Å². The van der Waals surface area contributed by atoms with E-state index in [-0.39, 0.29) is 24.8 Å². The first-order chi connectivity index (χ1) is 6.13. The van der Waals surface area contributed by atoms with E-state index in [4.69, 9.17) is 5.73 Å². The molecular formula is C7H8BrClF2N2O. The van der Waals surface area contributed by atoms with Crippen LogP contribution in [-0.2, 0) is 6.54 Å². The van der Waals surface area contributed by atoms with Crippen LogP contribution in [0.15, 0.2) is 16.7 Å². The fourth-order valence-corrected chi connectivity index (χ4v) is 1.18. The Hall–Kier alpha value is -0.460. The third-order valence-electron chi connectivity index (χ3n) is 1.31. The summed E-state index contributed by atoms with van der Waals surface area (Å²) in [4.78, 5) is 3.66. The van der Waals surface area contributed by atoms with Gasteiger partial charge >= 0.3 is 6.61 Å². The Morgan fingerprint density at radius 1 is 1.57 bits per heavy atom. The van der Waals surface area contributed by atoms with Crippen molar-refractivity contribution in [1.29, 1.82) is 0 Å². The molecule has 0 aliphatic heterocycles. The maximum Gasteiger partial charge on any atom is 0.388 e. The number of alkyl halides is 2. The summed E-state index contributed by atoms with van der Waals surface area (Å²) < 4.78 is 28.5. The molecule has 1 heterocycles. The summed E-state index contributed by atoms with van der Waals surface area (Å²) in [5.41, 5.74) is 5.75. The van der Waals surface area contributed by atoms with Crippen LogP contribution in [0.5, 0.6) is 5.88 Å². The third kappa shape index (κ3) is 3.73. The highest BCUT2D eigenvalue weighted by molar-refractivity contribution is 9.10. The minimum atomic E-state index is -2.88. The molecule has 0 fully saturated rings. The van der Waals surface area contributed by atoms with E-state index in [1.165, 1.54) is 6.20 Å². The summed E-state index contributed by atoms with van der Waals surface area (Å²) in [5.74, 6) is -0.124. The van der Waals surface area contributed by atoms with Gasteiger partial charge in [-0.1, -0.05) is 0 Å². The van der Waals surface area contributed by atoms with Crippen LogP contribution in [0.1, 0.15) is 5.56 Å². The number of aromatic nitrogens is 1. The molecule has 0 spiro atoms. The van der Waals surface area contributed by atoms with Gasteiger partial charge in [0.2, 0.25) is 5.88 Å². The predicted octanol–water partition coefficient (Wildman–Crippen LogP) is 2.33. The van der Waals surface area contributed by atoms with Gasteiger partial charge in [0.1, 0.15) is 0 Å². The lowest BCUT2D eigenvalue weighted by Crippen LogP contribution is -2.08. The van der Waals surface area contributed by atoms with Crippen molar-refractivity contribution in [2.24, 2.45) is 5.73 Å². The summed E-state index contributed by atoms with van der Waals surface area (Å²) in [7, 11) is 0. The van der Waals surface area contributed by atoms with E-state index in [1.807, 2.05) is 0 Å². The molecule has 7 heteroatoms. The molecule has 14 heavy (non-hydrogen) atoms. The highest BCUT2D eigenvalue weighted by atomic mass is 79.9. The van der Waals surface area contributed by atoms with Gasteiger partial charge in [-0.3, -0.25) is 0 Å². The second-order valence-electron chi connectivity index (χ2n) is 2.20. The maximum absolute atomic E-state index is 11.8. The van der Waals surface area contributed by atoms with Crippen LogP contribution < -0.4 is 10.5 Å². The Kier molecular flexibility index (Phi) is 5.90. The second-order valence-corrected chi connectivity index (χ2v) is 3.12. The second kappa shape index (κ2) is 6.10. The first kappa shape index (κ1) is 13.5. The summed E-state index contributed by atoms with van der Waals surface area (Å²) in [5, 5.41) is 0. The van der Waals surface area contributed by atoms with E-state index in [0.717, 1.165) is 0 Å². The van der Waals surface area contributed by atoms with Crippen molar-refractivity contribution in [3.63, 3.8) is 0 Å². The van der Waals surface area contributed by atoms with Gasteiger partial charge in [-0.25, -0.2) is 4.98 Å². The molecule has 1 rings (SSSR count). The fourth-order valence-electron chi connectivity index (χ4n) is 0.805. The molecule has 0 unspecified atom stereocenters. The first-order valence-electron chi connectivity index (χ1n) is 3.42. The quantitative estimate of drug-likeness (QED) is 0.929. The van der Waals surface area contributed by atoms with Crippen molar-refractivity contribution < 1.29 is 13.5 Å². The number of ether oxygens (including phenoxy) is 1. The van der Waals surface area contributed by atoms with Crippen LogP contribution in [0.3, 0.4) is 0 Å². The Labute approximate surface area is 94.2 Å². The zero-order chi connectivity index (χ0) is 9.84. The molecule has 0 aliphatic rings. The van der Waals surface area contributed by atoms with Crippen LogP contribution >= 0.6 is 28.3 Å². The van der Waals surface area contributed by atoms with Crippen molar-refractivity contribution in [2.45, 2.75) is 13.2 Å². The number of pyridine rings is 1. The van der Waals surface area contributed by atoms with Gasteiger partial charge in [-0.15, -0.1) is 12.4 Å². The Morgan fingerprint density at radius 3 is 2.71 bits per heavy atom. The number of halogens is 4. The van der Waals surface area contributed by atoms with Gasteiger partial charge in [0.15, 0.2) is 0 Å².